The van der Waals surface area contributed by atoms with Gasteiger partial charge in [-0.1, -0.05) is 12.1 Å². The third-order valence-corrected chi connectivity index (χ3v) is 4.20. The Morgan fingerprint density at radius 2 is 2.26 bits per heavy atom. The lowest BCUT2D eigenvalue weighted by atomic mass is 10.0. The number of rotatable bonds is 2. The average Bonchev–Trinajstić information content (AvgIpc) is 2.93. The zero-order valence-corrected chi connectivity index (χ0v) is 14.2. The third-order valence-electron chi connectivity index (χ3n) is 4.20. The molecular formula is C18H26N2O3. The topological polar surface area (TPSA) is 50.8 Å². The zero-order chi connectivity index (χ0) is 16.4. The van der Waals surface area contributed by atoms with E-state index >= 15 is 0 Å². The molecule has 1 atom stereocenters. The van der Waals surface area contributed by atoms with E-state index in [4.69, 9.17) is 9.47 Å². The Morgan fingerprint density at radius 1 is 1.43 bits per heavy atom. The van der Waals surface area contributed by atoms with E-state index in [9.17, 15) is 4.79 Å². The van der Waals surface area contributed by atoms with Gasteiger partial charge >= 0.3 is 6.09 Å². The van der Waals surface area contributed by atoms with Crippen molar-refractivity contribution in [3.05, 3.63) is 29.3 Å². The van der Waals surface area contributed by atoms with Crippen molar-refractivity contribution in [3.8, 4) is 5.75 Å². The van der Waals surface area contributed by atoms with Crippen LogP contribution >= 0.6 is 0 Å². The molecule has 23 heavy (non-hydrogen) atoms. The van der Waals surface area contributed by atoms with Crippen LogP contribution in [0.15, 0.2) is 18.2 Å². The number of nitrogens with zero attached hydrogens (tertiary/aromatic N) is 1. The molecule has 2 aliphatic heterocycles. The fourth-order valence-corrected chi connectivity index (χ4v) is 3.14. The molecule has 0 radical (unpaired) electrons. The molecule has 1 fully saturated rings. The first-order chi connectivity index (χ1) is 10.9. The maximum atomic E-state index is 12.5. The Bertz CT molecular complexity index is 580. The Hall–Kier alpha value is -1.75. The highest BCUT2D eigenvalue weighted by atomic mass is 16.6. The van der Waals surface area contributed by atoms with E-state index in [1.165, 1.54) is 11.1 Å². The van der Waals surface area contributed by atoms with Gasteiger partial charge in [0.2, 0.25) is 0 Å². The van der Waals surface area contributed by atoms with E-state index in [1.807, 2.05) is 31.7 Å². The van der Waals surface area contributed by atoms with Crippen LogP contribution in [0.1, 0.15) is 31.9 Å². The monoisotopic (exact) mass is 318 g/mol. The van der Waals surface area contributed by atoms with Gasteiger partial charge in [-0.3, -0.25) is 0 Å². The Kier molecular flexibility index (Phi) is 4.48. The van der Waals surface area contributed by atoms with Crippen LogP contribution in [0.25, 0.3) is 0 Å². The van der Waals surface area contributed by atoms with E-state index in [2.05, 4.69) is 17.4 Å². The quantitative estimate of drug-likeness (QED) is 0.909. The van der Waals surface area contributed by atoms with Gasteiger partial charge < -0.3 is 19.7 Å². The van der Waals surface area contributed by atoms with E-state index in [0.717, 1.165) is 38.3 Å². The van der Waals surface area contributed by atoms with Crippen molar-refractivity contribution in [3.63, 3.8) is 0 Å². The number of nitrogens with one attached hydrogen (secondary N) is 1. The van der Waals surface area contributed by atoms with E-state index in [1.54, 1.807) is 0 Å². The van der Waals surface area contributed by atoms with Crippen LogP contribution in [0.3, 0.4) is 0 Å². The fourth-order valence-electron chi connectivity index (χ4n) is 3.14. The minimum Gasteiger partial charge on any atom is -0.493 e. The molecule has 5 heteroatoms. The molecule has 2 heterocycles. The lowest BCUT2D eigenvalue weighted by molar-refractivity contribution is 0.0122. The molecule has 1 unspecified atom stereocenters. The van der Waals surface area contributed by atoms with Gasteiger partial charge in [0, 0.05) is 26.1 Å². The normalized spacial score (nSPS) is 20.8. The van der Waals surface area contributed by atoms with Gasteiger partial charge in [0.25, 0.3) is 0 Å². The van der Waals surface area contributed by atoms with Crippen molar-refractivity contribution < 1.29 is 14.3 Å². The molecule has 1 aromatic rings. The number of hydrogen-bond donors (Lipinski definition) is 1. The summed E-state index contributed by atoms with van der Waals surface area (Å²) in [6.07, 6.45) is 1.59. The molecule has 0 aromatic heterocycles. The summed E-state index contributed by atoms with van der Waals surface area (Å²) < 4.78 is 11.1. The van der Waals surface area contributed by atoms with Gasteiger partial charge in [-0.2, -0.15) is 0 Å². The maximum absolute atomic E-state index is 12.5. The van der Waals surface area contributed by atoms with Crippen molar-refractivity contribution in [1.29, 1.82) is 0 Å². The second-order valence-electron chi connectivity index (χ2n) is 7.28. The largest absolute Gasteiger partial charge is 0.493 e. The summed E-state index contributed by atoms with van der Waals surface area (Å²) in [5.74, 6) is 1.000. The van der Waals surface area contributed by atoms with E-state index < -0.39 is 5.60 Å². The molecule has 1 aromatic carbocycles. The smallest absolute Gasteiger partial charge is 0.410 e. The predicted molar refractivity (Wildman–Crippen MR) is 88.9 cm³/mol. The standard InChI is InChI=1S/C18H26N2O3/c1-18(2,3)23-17(21)20-8-7-19-12-15(20)11-13-4-5-16-14(10-13)6-9-22-16/h4-5,10,15,19H,6-9,11-12H2,1-3H3. The Balaban J connectivity index is 1.70. The predicted octanol–water partition coefficient (Wildman–Crippen LogP) is 2.37. The summed E-state index contributed by atoms with van der Waals surface area (Å²) in [5, 5.41) is 3.38. The third kappa shape index (κ3) is 3.96. The van der Waals surface area contributed by atoms with Crippen LogP contribution in [-0.2, 0) is 17.6 Å². The summed E-state index contributed by atoms with van der Waals surface area (Å²) >= 11 is 0. The maximum Gasteiger partial charge on any atom is 0.410 e. The summed E-state index contributed by atoms with van der Waals surface area (Å²) in [6.45, 7) is 8.79. The molecule has 1 N–H and O–H groups in total. The highest BCUT2D eigenvalue weighted by Crippen LogP contribution is 2.27. The van der Waals surface area contributed by atoms with Gasteiger partial charge in [-0.15, -0.1) is 0 Å². The molecule has 126 valence electrons. The van der Waals surface area contributed by atoms with Crippen molar-refractivity contribution in [2.24, 2.45) is 0 Å². The summed E-state index contributed by atoms with van der Waals surface area (Å²) in [4.78, 5) is 14.3. The second-order valence-corrected chi connectivity index (χ2v) is 7.28. The fraction of sp³-hybridized carbons (Fsp3) is 0.611. The number of piperazine rings is 1. The van der Waals surface area contributed by atoms with Crippen LogP contribution in [0.4, 0.5) is 4.79 Å². The number of amides is 1. The highest BCUT2D eigenvalue weighted by molar-refractivity contribution is 5.68. The van der Waals surface area contributed by atoms with Gasteiger partial charge in [0.05, 0.1) is 12.6 Å². The molecule has 0 bridgehead atoms. The van der Waals surface area contributed by atoms with Crippen LogP contribution in [0.5, 0.6) is 5.75 Å². The summed E-state index contributed by atoms with van der Waals surface area (Å²) in [6, 6.07) is 6.49. The molecule has 3 rings (SSSR count). The number of carbonyl (C=O) groups excluding carboxylic acids is 1. The molecule has 0 spiro atoms. The van der Waals surface area contributed by atoms with Crippen LogP contribution < -0.4 is 10.1 Å². The highest BCUT2D eigenvalue weighted by Gasteiger charge is 2.30. The molecule has 1 saturated heterocycles. The number of fused-ring (bicyclic) bond motifs is 1. The van der Waals surface area contributed by atoms with Gasteiger partial charge in [-0.05, 0) is 44.4 Å². The average molecular weight is 318 g/mol. The first kappa shape index (κ1) is 16.1. The first-order valence-corrected chi connectivity index (χ1v) is 8.37. The number of hydrogen-bond acceptors (Lipinski definition) is 4. The lowest BCUT2D eigenvalue weighted by Crippen LogP contribution is -2.55. The number of carbonyl (C=O) groups is 1. The van der Waals surface area contributed by atoms with Crippen LogP contribution in [0, 0.1) is 0 Å². The lowest BCUT2D eigenvalue weighted by Gasteiger charge is -2.37. The Labute approximate surface area is 137 Å². The second kappa shape index (κ2) is 6.40. The van der Waals surface area contributed by atoms with Crippen molar-refractivity contribution in [2.45, 2.75) is 45.3 Å². The van der Waals surface area contributed by atoms with Crippen molar-refractivity contribution in [1.82, 2.24) is 10.2 Å². The van der Waals surface area contributed by atoms with Gasteiger partial charge in [0.15, 0.2) is 0 Å². The molecule has 0 saturated carbocycles. The zero-order valence-electron chi connectivity index (χ0n) is 14.2. The molecule has 1 amide bonds. The Morgan fingerprint density at radius 3 is 3.04 bits per heavy atom. The van der Waals surface area contributed by atoms with E-state index in [-0.39, 0.29) is 12.1 Å². The molecule has 2 aliphatic rings. The minimum atomic E-state index is -0.461. The number of ether oxygens (including phenoxy) is 2. The molecular weight excluding hydrogens is 292 g/mol. The van der Waals surface area contributed by atoms with Gasteiger partial charge in [0.1, 0.15) is 11.4 Å². The SMILES string of the molecule is CC(C)(C)OC(=O)N1CCNCC1Cc1ccc2c(c1)CCO2. The summed E-state index contributed by atoms with van der Waals surface area (Å²) in [5.41, 5.74) is 2.06. The van der Waals surface area contributed by atoms with Crippen LogP contribution in [-0.4, -0.2) is 48.9 Å². The minimum absolute atomic E-state index is 0.124. The summed E-state index contributed by atoms with van der Waals surface area (Å²) in [7, 11) is 0. The molecule has 0 aliphatic carbocycles. The van der Waals surface area contributed by atoms with Crippen molar-refractivity contribution >= 4 is 6.09 Å². The van der Waals surface area contributed by atoms with Gasteiger partial charge in [-0.25, -0.2) is 4.79 Å². The van der Waals surface area contributed by atoms with E-state index in [0.29, 0.717) is 6.54 Å². The molecule has 5 nitrogen and oxygen atoms in total. The first-order valence-electron chi connectivity index (χ1n) is 8.37. The van der Waals surface area contributed by atoms with Crippen LogP contribution in [0.2, 0.25) is 0 Å². The van der Waals surface area contributed by atoms with Crippen molar-refractivity contribution in [2.75, 3.05) is 26.2 Å². The number of benzene rings is 1.